The van der Waals surface area contributed by atoms with E-state index in [9.17, 15) is 29.7 Å². The third-order valence-corrected chi connectivity index (χ3v) is 13.6. The average molecular weight is 745 g/mol. The van der Waals surface area contributed by atoms with Crippen LogP contribution in [0.25, 0.3) is 0 Å². The Kier molecular flexibility index (Phi) is 17.2. The number of ketones is 2. The monoisotopic (exact) mass is 744 g/mol. The third kappa shape index (κ3) is 10.8. The molecule has 0 aromatic heterocycles. The zero-order valence-electron chi connectivity index (χ0n) is 29.2. The molecule has 17 heteroatoms. The van der Waals surface area contributed by atoms with Gasteiger partial charge in [-0.05, 0) is 88.9 Å². The molecular formula is C31H60N2O13SiTi. The molecule has 4 aliphatic carbocycles. The second-order valence-corrected chi connectivity index (χ2v) is 17.5. The van der Waals surface area contributed by atoms with Crippen LogP contribution < -0.4 is 11.1 Å². The van der Waals surface area contributed by atoms with E-state index in [1.54, 1.807) is 0 Å². The Morgan fingerprint density at radius 3 is 2.12 bits per heavy atom. The van der Waals surface area contributed by atoms with Gasteiger partial charge in [0, 0.05) is 37.6 Å². The van der Waals surface area contributed by atoms with Gasteiger partial charge in [0.25, 0.3) is 0 Å². The van der Waals surface area contributed by atoms with Crippen LogP contribution >= 0.6 is 0 Å². The van der Waals surface area contributed by atoms with Gasteiger partial charge in [0.2, 0.25) is 0 Å². The normalized spacial score (nSPS) is 34.1. The van der Waals surface area contributed by atoms with Crippen LogP contribution in [0.5, 0.6) is 0 Å². The number of urea groups is 1. The van der Waals surface area contributed by atoms with Crippen LogP contribution in [0.3, 0.4) is 0 Å². The predicted octanol–water partition coefficient (Wildman–Crippen LogP) is 0.527. The first-order chi connectivity index (χ1) is 22.4. The second-order valence-electron chi connectivity index (χ2n) is 13.7. The number of hydrogen-bond donors (Lipinski definition) is 8. The number of amides is 2. The van der Waals surface area contributed by atoms with Crippen molar-refractivity contribution in [1.82, 2.24) is 5.32 Å². The summed E-state index contributed by atoms with van der Waals surface area (Å²) in [5.41, 5.74) is 2.33. The Hall–Kier alpha value is -0.859. The number of Topliss-reactive ketones (excluding diaryl/α,β-unsaturated/α-hetero) is 2. The molecule has 0 unspecified atom stereocenters. The van der Waals surface area contributed by atoms with E-state index in [0.717, 1.165) is 38.5 Å². The number of aliphatic hydroxyl groups is 3. The van der Waals surface area contributed by atoms with E-state index in [-0.39, 0.29) is 54.6 Å². The van der Waals surface area contributed by atoms with Crippen LogP contribution in [0, 0.1) is 34.5 Å². The van der Waals surface area contributed by atoms with Gasteiger partial charge in [0.1, 0.15) is 18.0 Å². The number of primary amides is 1. The van der Waals surface area contributed by atoms with E-state index in [4.69, 9.17) is 30.1 Å². The number of fused-ring (bicyclic) bond motifs is 5. The van der Waals surface area contributed by atoms with Gasteiger partial charge in [0.15, 0.2) is 5.78 Å². The molecule has 0 spiro atoms. The van der Waals surface area contributed by atoms with Gasteiger partial charge in [-0.2, -0.15) is 0 Å². The van der Waals surface area contributed by atoms with Gasteiger partial charge in [0.05, 0.1) is 6.10 Å². The molecule has 9 N–H and O–H groups in total. The number of nitrogens with two attached hydrogens (primary N) is 1. The van der Waals surface area contributed by atoms with Crippen molar-refractivity contribution in [3.63, 3.8) is 0 Å². The van der Waals surface area contributed by atoms with Gasteiger partial charge < -0.3 is 28.6 Å². The summed E-state index contributed by atoms with van der Waals surface area (Å²) in [6.07, 6.45) is 5.83. The zero-order valence-corrected chi connectivity index (χ0v) is 31.9. The van der Waals surface area contributed by atoms with Crippen molar-refractivity contribution in [1.29, 1.82) is 0 Å². The first kappa shape index (κ1) is 43.3. The van der Waals surface area contributed by atoms with Crippen molar-refractivity contribution in [2.45, 2.75) is 104 Å². The molecule has 4 rings (SSSR count). The van der Waals surface area contributed by atoms with Crippen molar-refractivity contribution in [3.8, 4) is 0 Å². The van der Waals surface area contributed by atoms with E-state index in [2.05, 4.69) is 15.6 Å². The van der Waals surface area contributed by atoms with Gasteiger partial charge >= 0.3 is 83.5 Å². The van der Waals surface area contributed by atoms with Crippen LogP contribution in [0.1, 0.15) is 92.4 Å². The molecule has 4 aliphatic rings. The molecule has 0 radical (unpaired) electrons. The summed E-state index contributed by atoms with van der Waals surface area (Å²) < 4.78 is 45.1. The quantitative estimate of drug-likeness (QED) is 0.0949. The van der Waals surface area contributed by atoms with E-state index >= 15 is 0 Å². The number of carbonyl (C=O) groups is 3. The molecule has 0 heterocycles. The summed E-state index contributed by atoms with van der Waals surface area (Å²) in [6.45, 7) is 11.6. The molecule has 4 saturated carbocycles. The van der Waals surface area contributed by atoms with Crippen molar-refractivity contribution in [2.24, 2.45) is 40.2 Å². The Morgan fingerprint density at radius 1 is 1.00 bits per heavy atom. The number of nitrogens with one attached hydrogen (secondary N) is 1. The maximum absolute atomic E-state index is 13.4. The molecule has 15 nitrogen and oxygen atoms in total. The summed E-state index contributed by atoms with van der Waals surface area (Å²) in [6, 6.07) is -0.653. The summed E-state index contributed by atoms with van der Waals surface area (Å²) >= 11 is -4.82. The molecule has 0 aromatic carbocycles. The van der Waals surface area contributed by atoms with E-state index in [1.165, 1.54) is 0 Å². The fraction of sp³-hybridized carbons (Fsp3) is 0.903. The first-order valence-electron chi connectivity index (χ1n) is 17.2. The summed E-state index contributed by atoms with van der Waals surface area (Å²) in [5, 5.41) is 32.9. The number of rotatable bonds is 13. The fourth-order valence-electron chi connectivity index (χ4n) is 8.69. The third-order valence-electron chi connectivity index (χ3n) is 10.9. The fourth-order valence-corrected chi connectivity index (χ4v) is 10.4. The van der Waals surface area contributed by atoms with Crippen LogP contribution in [-0.2, 0) is 44.3 Å². The predicted molar refractivity (Wildman–Crippen MR) is 172 cm³/mol. The van der Waals surface area contributed by atoms with Gasteiger partial charge in [-0.25, -0.2) is 0 Å². The molecule has 0 aliphatic heterocycles. The van der Waals surface area contributed by atoms with Crippen LogP contribution in [-0.4, -0.2) is 105 Å². The van der Waals surface area contributed by atoms with Crippen LogP contribution in [0.15, 0.2) is 0 Å². The second kappa shape index (κ2) is 19.1. The molecule has 4 fully saturated rings. The minimum atomic E-state index is -4.82. The molecule has 0 bridgehead atoms. The molecule has 2 amide bonds. The molecule has 48 heavy (non-hydrogen) atoms. The average Bonchev–Trinajstić information content (AvgIpc) is 3.27. The number of aliphatic hydroxyl groups excluding tert-OH is 2. The molecule has 0 saturated heterocycles. The summed E-state index contributed by atoms with van der Waals surface area (Å²) in [4.78, 5) is 35.8. The molecular weight excluding hydrogens is 684 g/mol. The van der Waals surface area contributed by atoms with E-state index in [1.807, 2.05) is 27.7 Å². The first-order valence-corrected chi connectivity index (χ1v) is 21.3. The number of carbonyl (C=O) groups excluding carboxylic acids is 3. The van der Waals surface area contributed by atoms with E-state index in [0.29, 0.717) is 38.6 Å². The zero-order chi connectivity index (χ0) is 36.3. The van der Waals surface area contributed by atoms with Gasteiger partial charge in [-0.3, -0.25) is 9.59 Å². The molecule has 280 valence electrons. The van der Waals surface area contributed by atoms with Gasteiger partial charge in [-0.1, -0.05) is 13.8 Å². The van der Waals surface area contributed by atoms with Crippen molar-refractivity contribution in [3.05, 3.63) is 0 Å². The van der Waals surface area contributed by atoms with E-state index < -0.39 is 57.1 Å². The maximum atomic E-state index is 13.4. The molecule has 0 aromatic rings. The Labute approximate surface area is 291 Å². The Balaban J connectivity index is 0.000000304. The van der Waals surface area contributed by atoms with Gasteiger partial charge in [-0.15, -0.1) is 0 Å². The van der Waals surface area contributed by atoms with Crippen LogP contribution in [0.4, 0.5) is 4.79 Å². The van der Waals surface area contributed by atoms with Crippen LogP contribution in [0.2, 0.25) is 0 Å². The van der Waals surface area contributed by atoms with Crippen molar-refractivity contribution < 1.29 is 75.5 Å². The summed E-state index contributed by atoms with van der Waals surface area (Å²) in [7, 11) is -1.73. The summed E-state index contributed by atoms with van der Waals surface area (Å²) in [5.74, 6) is 0.380. The Morgan fingerprint density at radius 2 is 1.60 bits per heavy atom. The SMILES string of the molecule is CCO[SiH](OCC)OCC.C[C@]12CC[C@@H](O)C[C@H]1CC[C@@H]1[C@@H]2C(=O)C[C@@]2(C)[C@H]1CC[C@]2(O)C(=O)CO.NC(=O)NCCC[O][Ti]([OH])([OH])[OH]. The van der Waals surface area contributed by atoms with Crippen molar-refractivity contribution in [2.75, 3.05) is 39.6 Å². The Bertz CT molecular complexity index is 1040. The molecule has 8 atom stereocenters. The minimum absolute atomic E-state index is 0.0154. The number of hydrogen-bond acceptors (Lipinski definition) is 13. The standard InChI is InChI=1S/C21H32O5.C6H16O3Si.C4H9N2O2.3H2O.Ti/c1-19-7-5-13(23)9-12(19)3-4-14-15-6-8-21(26,17(25)11-22)20(15,2)10-16(24)18(14)19;1-4-7-10(8-5-2)9-6-3;5-4(8)6-2-1-3-7;;;;/h12-15,18,22-23,26H,3-11H2,1-2H3;10H,4-6H2,1-3H3;1-3H2,(H3,5,6,8);3*1H2;/q;;-1;;;;+4/p-3/t12-,13-,14+,15+,18-,19+,20+,21+;;;;;;/m1....../s1. The topological polar surface area (TPSA) is 248 Å². The van der Waals surface area contributed by atoms with Crippen molar-refractivity contribution >= 4 is 27.1 Å².